The van der Waals surface area contributed by atoms with E-state index in [0.717, 1.165) is 42.0 Å². The zero-order valence-electron chi connectivity index (χ0n) is 14.7. The van der Waals surface area contributed by atoms with Crippen LogP contribution in [0.4, 0.5) is 0 Å². The second-order valence-corrected chi connectivity index (χ2v) is 7.33. The van der Waals surface area contributed by atoms with Crippen LogP contribution in [-0.2, 0) is 22.6 Å². The molecule has 0 saturated carbocycles. The van der Waals surface area contributed by atoms with Crippen molar-refractivity contribution in [2.75, 3.05) is 13.1 Å². The molecule has 3 heterocycles. The van der Waals surface area contributed by atoms with E-state index in [1.54, 1.807) is 4.90 Å². The van der Waals surface area contributed by atoms with Crippen LogP contribution in [0.25, 0.3) is 11.4 Å². The summed E-state index contributed by atoms with van der Waals surface area (Å²) < 4.78 is 0. The Balaban J connectivity index is 1.52. The minimum atomic E-state index is -0.312. The van der Waals surface area contributed by atoms with Gasteiger partial charge in [0.1, 0.15) is 11.9 Å². The lowest BCUT2D eigenvalue weighted by Gasteiger charge is -2.31. The molecule has 0 spiro atoms. The third-order valence-electron chi connectivity index (χ3n) is 5.20. The number of carbonyl (C=O) groups excluding carboxylic acids is 2. The Morgan fingerprint density at radius 3 is 2.73 bits per heavy atom. The van der Waals surface area contributed by atoms with Crippen LogP contribution in [0.5, 0.6) is 0 Å². The molecule has 4 rings (SSSR count). The molecule has 136 valence electrons. The maximum atomic E-state index is 12.9. The van der Waals surface area contributed by atoms with E-state index in [2.05, 4.69) is 9.97 Å². The Bertz CT molecular complexity index is 846. The highest BCUT2D eigenvalue weighted by molar-refractivity contribution is 6.30. The molecule has 0 bridgehead atoms. The van der Waals surface area contributed by atoms with Crippen molar-refractivity contribution >= 4 is 23.4 Å². The number of imidazole rings is 1. The average Bonchev–Trinajstić information content (AvgIpc) is 3.28. The standard InChI is InChI=1S/C19H21ClN4O2/c1-12(25)24-9-2-3-17(24)19(26)23-10-8-15-16(11-23)22-18(21-15)13-4-6-14(20)7-5-13/h4-7,17H,2-3,8-11H2,1H3,(H,21,22)/t17-/m0/s1. The number of halogens is 1. The topological polar surface area (TPSA) is 69.3 Å². The van der Waals surface area contributed by atoms with Gasteiger partial charge < -0.3 is 14.8 Å². The Kier molecular flexibility index (Phi) is 4.44. The maximum Gasteiger partial charge on any atom is 0.245 e. The van der Waals surface area contributed by atoms with Gasteiger partial charge in [0.2, 0.25) is 11.8 Å². The summed E-state index contributed by atoms with van der Waals surface area (Å²) in [5, 5.41) is 0.688. The fraction of sp³-hybridized carbons (Fsp3) is 0.421. The van der Waals surface area contributed by atoms with Crippen molar-refractivity contribution < 1.29 is 9.59 Å². The summed E-state index contributed by atoms with van der Waals surface area (Å²) in [5.74, 6) is 0.823. The minimum Gasteiger partial charge on any atom is -0.340 e. The average molecular weight is 373 g/mol. The predicted molar refractivity (Wildman–Crippen MR) is 98.6 cm³/mol. The summed E-state index contributed by atoms with van der Waals surface area (Å²) in [6.45, 7) is 3.36. The van der Waals surface area contributed by atoms with Crippen molar-refractivity contribution in [3.8, 4) is 11.4 Å². The lowest BCUT2D eigenvalue weighted by Crippen LogP contribution is -2.48. The monoisotopic (exact) mass is 372 g/mol. The summed E-state index contributed by atoms with van der Waals surface area (Å²) in [6, 6.07) is 7.22. The Labute approximate surface area is 157 Å². The maximum absolute atomic E-state index is 12.9. The van der Waals surface area contributed by atoms with Crippen LogP contribution in [0.1, 0.15) is 31.2 Å². The summed E-state index contributed by atoms with van der Waals surface area (Å²) in [7, 11) is 0. The van der Waals surface area contributed by atoms with E-state index >= 15 is 0 Å². The van der Waals surface area contributed by atoms with Crippen molar-refractivity contribution in [1.82, 2.24) is 19.8 Å². The fourth-order valence-corrected chi connectivity index (χ4v) is 3.96. The van der Waals surface area contributed by atoms with Crippen LogP contribution in [0.3, 0.4) is 0 Å². The highest BCUT2D eigenvalue weighted by Crippen LogP contribution is 2.26. The number of likely N-dealkylation sites (tertiary alicyclic amines) is 1. The molecule has 1 atom stereocenters. The number of fused-ring (bicyclic) bond motifs is 1. The van der Waals surface area contributed by atoms with E-state index in [1.165, 1.54) is 6.92 Å². The largest absolute Gasteiger partial charge is 0.340 e. The molecule has 1 N–H and O–H groups in total. The van der Waals surface area contributed by atoms with Crippen molar-refractivity contribution in [3.63, 3.8) is 0 Å². The number of hydrogen-bond donors (Lipinski definition) is 1. The van der Waals surface area contributed by atoms with E-state index < -0.39 is 0 Å². The van der Waals surface area contributed by atoms with E-state index in [-0.39, 0.29) is 17.9 Å². The molecular weight excluding hydrogens is 352 g/mol. The molecule has 0 radical (unpaired) electrons. The molecule has 1 aromatic carbocycles. The highest BCUT2D eigenvalue weighted by Gasteiger charge is 2.36. The zero-order chi connectivity index (χ0) is 18.3. The smallest absolute Gasteiger partial charge is 0.245 e. The van der Waals surface area contributed by atoms with Crippen molar-refractivity contribution in [3.05, 3.63) is 40.7 Å². The molecule has 26 heavy (non-hydrogen) atoms. The first-order chi connectivity index (χ1) is 12.5. The molecular formula is C19H21ClN4O2. The van der Waals surface area contributed by atoms with Gasteiger partial charge in [-0.15, -0.1) is 0 Å². The summed E-state index contributed by atoms with van der Waals surface area (Å²) in [5.41, 5.74) is 2.95. The number of rotatable bonds is 2. The lowest BCUT2D eigenvalue weighted by atomic mass is 10.1. The van der Waals surface area contributed by atoms with E-state index in [9.17, 15) is 9.59 Å². The van der Waals surface area contributed by atoms with Gasteiger partial charge in [0.15, 0.2) is 0 Å². The number of nitrogens with one attached hydrogen (secondary N) is 1. The number of hydrogen-bond acceptors (Lipinski definition) is 3. The van der Waals surface area contributed by atoms with Crippen molar-refractivity contribution in [2.24, 2.45) is 0 Å². The fourth-order valence-electron chi connectivity index (χ4n) is 3.84. The van der Waals surface area contributed by atoms with Gasteiger partial charge >= 0.3 is 0 Å². The number of aromatic nitrogens is 2. The van der Waals surface area contributed by atoms with Gasteiger partial charge in [-0.25, -0.2) is 4.98 Å². The molecule has 1 saturated heterocycles. The number of amides is 2. The summed E-state index contributed by atoms with van der Waals surface area (Å²) in [4.78, 5) is 36.3. The SMILES string of the molecule is CC(=O)N1CCC[C@H]1C(=O)N1CCc2nc(-c3ccc(Cl)cc3)[nH]c2C1. The van der Waals surface area contributed by atoms with Crippen LogP contribution in [-0.4, -0.2) is 50.7 Å². The van der Waals surface area contributed by atoms with Gasteiger partial charge in [-0.05, 0) is 37.1 Å². The number of benzene rings is 1. The first-order valence-electron chi connectivity index (χ1n) is 8.92. The van der Waals surface area contributed by atoms with Crippen LogP contribution in [0.2, 0.25) is 5.02 Å². The normalized spacial score (nSPS) is 19.5. The molecule has 1 fully saturated rings. The molecule has 2 aliphatic heterocycles. The number of nitrogens with zero attached hydrogens (tertiary/aromatic N) is 3. The van der Waals surface area contributed by atoms with Gasteiger partial charge in [0.25, 0.3) is 0 Å². The van der Waals surface area contributed by atoms with E-state index in [4.69, 9.17) is 11.6 Å². The van der Waals surface area contributed by atoms with Crippen LogP contribution < -0.4 is 0 Å². The zero-order valence-corrected chi connectivity index (χ0v) is 15.4. The van der Waals surface area contributed by atoms with Gasteiger partial charge in [-0.1, -0.05) is 11.6 Å². The van der Waals surface area contributed by atoms with Crippen LogP contribution in [0, 0.1) is 0 Å². The summed E-state index contributed by atoms with van der Waals surface area (Å²) in [6.07, 6.45) is 2.36. The Hall–Kier alpha value is -2.34. The van der Waals surface area contributed by atoms with Crippen molar-refractivity contribution in [2.45, 2.75) is 38.8 Å². The Morgan fingerprint density at radius 2 is 2.00 bits per heavy atom. The third kappa shape index (κ3) is 3.09. The van der Waals surface area contributed by atoms with E-state index in [1.807, 2.05) is 29.2 Å². The molecule has 7 heteroatoms. The molecule has 2 amide bonds. The lowest BCUT2D eigenvalue weighted by molar-refractivity contribution is -0.143. The number of carbonyl (C=O) groups is 2. The van der Waals surface area contributed by atoms with Gasteiger partial charge in [0.05, 0.1) is 17.9 Å². The first-order valence-corrected chi connectivity index (χ1v) is 9.30. The molecule has 1 aromatic heterocycles. The van der Waals surface area contributed by atoms with Crippen LogP contribution in [0.15, 0.2) is 24.3 Å². The van der Waals surface area contributed by atoms with E-state index in [0.29, 0.717) is 24.7 Å². The van der Waals surface area contributed by atoms with Gasteiger partial charge in [-0.2, -0.15) is 0 Å². The highest BCUT2D eigenvalue weighted by atomic mass is 35.5. The quantitative estimate of drug-likeness (QED) is 0.881. The Morgan fingerprint density at radius 1 is 1.23 bits per heavy atom. The molecule has 6 nitrogen and oxygen atoms in total. The van der Waals surface area contributed by atoms with Crippen molar-refractivity contribution in [1.29, 1.82) is 0 Å². The molecule has 2 aromatic rings. The van der Waals surface area contributed by atoms with Gasteiger partial charge in [-0.3, -0.25) is 9.59 Å². The second kappa shape index (κ2) is 6.76. The predicted octanol–water partition coefficient (Wildman–Crippen LogP) is 2.63. The minimum absolute atomic E-state index is 0.0230. The second-order valence-electron chi connectivity index (χ2n) is 6.90. The molecule has 2 aliphatic rings. The van der Waals surface area contributed by atoms with Gasteiger partial charge in [0, 0.05) is 37.0 Å². The number of H-pyrrole nitrogens is 1. The molecule has 0 unspecified atom stereocenters. The van der Waals surface area contributed by atoms with Crippen LogP contribution >= 0.6 is 11.6 Å². The molecule has 0 aliphatic carbocycles. The summed E-state index contributed by atoms with van der Waals surface area (Å²) >= 11 is 5.95. The number of aromatic amines is 1. The third-order valence-corrected chi connectivity index (χ3v) is 5.46. The first kappa shape index (κ1) is 17.1.